The number of imide groups is 1. The van der Waals surface area contributed by atoms with E-state index in [2.05, 4.69) is 0 Å². The zero-order valence-corrected chi connectivity index (χ0v) is 21.9. The van der Waals surface area contributed by atoms with Crippen molar-refractivity contribution in [2.24, 2.45) is 5.92 Å². The summed E-state index contributed by atoms with van der Waals surface area (Å²) in [6.45, 7) is 3.84. The quantitative estimate of drug-likeness (QED) is 0.236. The van der Waals surface area contributed by atoms with Gasteiger partial charge in [0.15, 0.2) is 0 Å². The molecule has 1 unspecified atom stereocenters. The summed E-state index contributed by atoms with van der Waals surface area (Å²) in [6, 6.07) is 0. The number of nitrogens with zero attached hydrogens (tertiary/aromatic N) is 5. The predicted molar refractivity (Wildman–Crippen MR) is 133 cm³/mol. The van der Waals surface area contributed by atoms with Gasteiger partial charge in [0.1, 0.15) is 5.78 Å². The average Bonchev–Trinajstić information content (AvgIpc) is 3.05. The van der Waals surface area contributed by atoms with Crippen LogP contribution < -0.4 is 0 Å². The van der Waals surface area contributed by atoms with Gasteiger partial charge in [0.25, 0.3) is 0 Å². The molecule has 14 heteroatoms. The highest BCUT2D eigenvalue weighted by Crippen LogP contribution is 2.19. The van der Waals surface area contributed by atoms with E-state index in [0.29, 0.717) is 58.8 Å². The molecule has 0 radical (unpaired) electrons. The van der Waals surface area contributed by atoms with Crippen molar-refractivity contribution in [2.75, 3.05) is 85.1 Å². The molecule has 2 saturated heterocycles. The number of amides is 2. The van der Waals surface area contributed by atoms with Crippen LogP contribution in [0.2, 0.25) is 0 Å². The minimum absolute atomic E-state index is 0.0747. The van der Waals surface area contributed by atoms with Crippen LogP contribution in [0.3, 0.4) is 0 Å². The molecular formula is C24H39N5O9. The molecule has 3 N–H and O–H groups in total. The molecule has 38 heavy (non-hydrogen) atoms. The van der Waals surface area contributed by atoms with Gasteiger partial charge in [-0.05, 0) is 6.42 Å². The molecule has 0 bridgehead atoms. The summed E-state index contributed by atoms with van der Waals surface area (Å²) in [5.41, 5.74) is 0. The van der Waals surface area contributed by atoms with Gasteiger partial charge in [-0.25, -0.2) is 0 Å². The first-order valence-electron chi connectivity index (χ1n) is 12.8. The maximum atomic E-state index is 12.7. The number of likely N-dealkylation sites (tertiary alicyclic amines) is 1. The Morgan fingerprint density at radius 1 is 0.684 bits per heavy atom. The third kappa shape index (κ3) is 11.2. The molecule has 214 valence electrons. The second-order valence-corrected chi connectivity index (χ2v) is 9.92. The van der Waals surface area contributed by atoms with Crippen LogP contribution >= 0.6 is 0 Å². The summed E-state index contributed by atoms with van der Waals surface area (Å²) >= 11 is 0. The number of carboxylic acid groups (broad SMARTS) is 3. The van der Waals surface area contributed by atoms with Crippen molar-refractivity contribution >= 4 is 35.5 Å². The van der Waals surface area contributed by atoms with Crippen LogP contribution in [0.25, 0.3) is 0 Å². The first-order valence-corrected chi connectivity index (χ1v) is 12.8. The van der Waals surface area contributed by atoms with Gasteiger partial charge in [0.2, 0.25) is 11.8 Å². The summed E-state index contributed by atoms with van der Waals surface area (Å²) in [6.07, 6.45) is 0.713. The monoisotopic (exact) mass is 541 g/mol. The lowest BCUT2D eigenvalue weighted by atomic mass is 10.1. The molecule has 2 amide bonds. The Balaban J connectivity index is 2.01. The zero-order chi connectivity index (χ0) is 28.2. The van der Waals surface area contributed by atoms with Crippen molar-refractivity contribution in [3.05, 3.63) is 0 Å². The SMILES string of the molecule is CC1CC(=O)N(CCCC(=O)CN2CCN(CC(=O)O)CCN(CC(=O)O)CCN(CC(=O)O)CC2)C1=O. The molecule has 2 heterocycles. The molecule has 1 atom stereocenters. The first kappa shape index (κ1) is 31.3. The van der Waals surface area contributed by atoms with Crippen LogP contribution in [-0.4, -0.2) is 160 Å². The molecule has 2 fully saturated rings. The van der Waals surface area contributed by atoms with E-state index in [1.165, 1.54) is 4.90 Å². The molecule has 0 spiro atoms. The Bertz CT molecular complexity index is 851. The zero-order valence-electron chi connectivity index (χ0n) is 21.9. The number of carbonyl (C=O) groups is 6. The Labute approximate surface area is 221 Å². The smallest absolute Gasteiger partial charge is 0.317 e. The fourth-order valence-electron chi connectivity index (χ4n) is 4.63. The van der Waals surface area contributed by atoms with Gasteiger partial charge in [0.05, 0.1) is 26.2 Å². The van der Waals surface area contributed by atoms with E-state index in [1.54, 1.807) is 21.6 Å². The van der Waals surface area contributed by atoms with Gasteiger partial charge in [-0.2, -0.15) is 0 Å². The Kier molecular flexibility index (Phi) is 12.7. The van der Waals surface area contributed by atoms with Gasteiger partial charge in [-0.1, -0.05) is 6.92 Å². The summed E-state index contributed by atoms with van der Waals surface area (Å²) in [5, 5.41) is 27.8. The lowest BCUT2D eigenvalue weighted by Crippen LogP contribution is -2.49. The lowest BCUT2D eigenvalue weighted by Gasteiger charge is -2.32. The van der Waals surface area contributed by atoms with Crippen LogP contribution in [0.5, 0.6) is 0 Å². The normalized spacial score (nSPS) is 21.7. The molecule has 2 aliphatic heterocycles. The summed E-state index contributed by atoms with van der Waals surface area (Å²) in [7, 11) is 0. The van der Waals surface area contributed by atoms with Crippen LogP contribution in [0.4, 0.5) is 0 Å². The summed E-state index contributed by atoms with van der Waals surface area (Å²) in [4.78, 5) is 78.9. The van der Waals surface area contributed by atoms with Gasteiger partial charge < -0.3 is 15.3 Å². The minimum Gasteiger partial charge on any atom is -0.480 e. The fraction of sp³-hybridized carbons (Fsp3) is 0.750. The summed E-state index contributed by atoms with van der Waals surface area (Å²) in [5.74, 6) is -3.92. The largest absolute Gasteiger partial charge is 0.480 e. The number of carbonyl (C=O) groups excluding carboxylic acids is 3. The van der Waals surface area contributed by atoms with Gasteiger partial charge in [-0.3, -0.25) is 53.3 Å². The van der Waals surface area contributed by atoms with Gasteiger partial charge in [-0.15, -0.1) is 0 Å². The van der Waals surface area contributed by atoms with Crippen molar-refractivity contribution < 1.29 is 44.1 Å². The summed E-state index contributed by atoms with van der Waals surface area (Å²) < 4.78 is 0. The van der Waals surface area contributed by atoms with Crippen molar-refractivity contribution in [3.8, 4) is 0 Å². The molecule has 0 aromatic heterocycles. The Hall–Kier alpha value is -2.94. The van der Waals surface area contributed by atoms with Gasteiger partial charge >= 0.3 is 17.9 Å². The van der Waals surface area contributed by atoms with Crippen LogP contribution in [-0.2, 0) is 28.8 Å². The van der Waals surface area contributed by atoms with E-state index in [4.69, 9.17) is 0 Å². The highest BCUT2D eigenvalue weighted by atomic mass is 16.4. The van der Waals surface area contributed by atoms with E-state index in [-0.39, 0.29) is 69.1 Å². The lowest BCUT2D eigenvalue weighted by molar-refractivity contribution is -0.140. The molecule has 0 saturated carbocycles. The van der Waals surface area contributed by atoms with E-state index >= 15 is 0 Å². The molecule has 2 aliphatic rings. The van der Waals surface area contributed by atoms with Crippen molar-refractivity contribution in [3.63, 3.8) is 0 Å². The molecular weight excluding hydrogens is 502 g/mol. The topological polar surface area (TPSA) is 179 Å². The van der Waals surface area contributed by atoms with E-state index in [0.717, 1.165) is 0 Å². The Morgan fingerprint density at radius 3 is 1.37 bits per heavy atom. The van der Waals surface area contributed by atoms with Crippen LogP contribution in [0, 0.1) is 5.92 Å². The number of rotatable bonds is 12. The second-order valence-electron chi connectivity index (χ2n) is 9.92. The molecule has 0 aromatic rings. The second kappa shape index (κ2) is 15.5. The third-order valence-electron chi connectivity index (χ3n) is 6.71. The van der Waals surface area contributed by atoms with Crippen molar-refractivity contribution in [1.29, 1.82) is 0 Å². The number of carboxylic acids is 3. The van der Waals surface area contributed by atoms with Crippen LogP contribution in [0.15, 0.2) is 0 Å². The predicted octanol–water partition coefficient (Wildman–Crippen LogP) is -1.79. The number of Topliss-reactive ketones (excluding diaryl/α,β-unsaturated/α-hetero) is 1. The molecule has 14 nitrogen and oxygen atoms in total. The molecule has 2 rings (SSSR count). The number of hydrogen-bond donors (Lipinski definition) is 3. The average molecular weight is 542 g/mol. The first-order chi connectivity index (χ1) is 17.9. The molecule has 0 aromatic carbocycles. The van der Waals surface area contributed by atoms with E-state index < -0.39 is 17.9 Å². The van der Waals surface area contributed by atoms with E-state index in [1.807, 2.05) is 4.90 Å². The third-order valence-corrected chi connectivity index (χ3v) is 6.71. The maximum absolute atomic E-state index is 12.7. The van der Waals surface area contributed by atoms with Crippen LogP contribution in [0.1, 0.15) is 26.2 Å². The highest BCUT2D eigenvalue weighted by molar-refractivity contribution is 6.03. The standard InChI is InChI=1S/C24H39N5O9/c1-18-13-20(31)29(24(18)38)4-2-3-19(30)14-25-5-7-26(15-21(32)33)9-11-28(17-23(36)37)12-10-27(8-6-25)16-22(34)35/h18H,2-17H2,1H3,(H,32,33)(H,34,35)(H,36,37). The van der Waals surface area contributed by atoms with Crippen molar-refractivity contribution in [2.45, 2.75) is 26.2 Å². The van der Waals surface area contributed by atoms with Gasteiger partial charge in [0, 0.05) is 77.7 Å². The Morgan fingerprint density at radius 2 is 1.05 bits per heavy atom. The fourth-order valence-corrected chi connectivity index (χ4v) is 4.63. The maximum Gasteiger partial charge on any atom is 0.317 e. The highest BCUT2D eigenvalue weighted by Gasteiger charge is 2.35. The number of ketones is 1. The van der Waals surface area contributed by atoms with E-state index in [9.17, 15) is 44.1 Å². The number of aliphatic carboxylic acids is 3. The molecule has 0 aliphatic carbocycles. The number of hydrogen-bond acceptors (Lipinski definition) is 10. The minimum atomic E-state index is -1.02. The van der Waals surface area contributed by atoms with Crippen molar-refractivity contribution in [1.82, 2.24) is 24.5 Å².